The molecule has 1 amide bonds. The molecule has 4 heteroatoms. The Bertz CT molecular complexity index is 703. The number of piperidine rings is 1. The minimum atomic E-state index is -0.0391. The number of anilines is 3. The van der Waals surface area contributed by atoms with Crippen molar-refractivity contribution in [1.82, 2.24) is 0 Å². The summed E-state index contributed by atoms with van der Waals surface area (Å²) in [6.07, 6.45) is 2.51. The minimum Gasteiger partial charge on any atom is -0.376 e. The van der Waals surface area contributed by atoms with Gasteiger partial charge >= 0.3 is 0 Å². The molecule has 2 N–H and O–H groups in total. The van der Waals surface area contributed by atoms with Crippen LogP contribution in [0, 0.1) is 12.8 Å². The SMILES string of the molecule is Cc1ccccc1NCC(=O)Nc1ccc(N2CCC(C)CC2)cc1. The zero-order chi connectivity index (χ0) is 17.6. The van der Waals surface area contributed by atoms with Crippen LogP contribution in [0.25, 0.3) is 0 Å². The average molecular weight is 337 g/mol. The van der Waals surface area contributed by atoms with Crippen LogP contribution in [0.5, 0.6) is 0 Å². The molecular weight excluding hydrogens is 310 g/mol. The van der Waals surface area contributed by atoms with Crippen LogP contribution in [-0.4, -0.2) is 25.5 Å². The van der Waals surface area contributed by atoms with Gasteiger partial charge in [0.1, 0.15) is 0 Å². The van der Waals surface area contributed by atoms with Gasteiger partial charge in [-0.3, -0.25) is 4.79 Å². The number of carbonyl (C=O) groups is 1. The smallest absolute Gasteiger partial charge is 0.243 e. The van der Waals surface area contributed by atoms with Crippen LogP contribution in [0.2, 0.25) is 0 Å². The number of benzene rings is 2. The number of hydrogen-bond acceptors (Lipinski definition) is 3. The molecule has 132 valence electrons. The van der Waals surface area contributed by atoms with Gasteiger partial charge in [-0.15, -0.1) is 0 Å². The molecule has 0 bridgehead atoms. The van der Waals surface area contributed by atoms with E-state index in [0.717, 1.165) is 35.9 Å². The van der Waals surface area contributed by atoms with Crippen LogP contribution in [0.3, 0.4) is 0 Å². The molecule has 2 aromatic carbocycles. The fourth-order valence-corrected chi connectivity index (χ4v) is 3.17. The fraction of sp³-hybridized carbons (Fsp3) is 0.381. The van der Waals surface area contributed by atoms with Gasteiger partial charge in [0.15, 0.2) is 0 Å². The summed E-state index contributed by atoms with van der Waals surface area (Å²) in [5, 5.41) is 6.13. The van der Waals surface area contributed by atoms with E-state index in [1.165, 1.54) is 18.5 Å². The lowest BCUT2D eigenvalue weighted by atomic mass is 9.99. The standard InChI is InChI=1S/C21H27N3O/c1-16-11-13-24(14-12-16)19-9-7-18(8-10-19)23-21(25)15-22-20-6-4-3-5-17(20)2/h3-10,16,22H,11-15H2,1-2H3,(H,23,25). The minimum absolute atomic E-state index is 0.0391. The predicted octanol–water partition coefficient (Wildman–Crippen LogP) is 4.28. The van der Waals surface area contributed by atoms with Gasteiger partial charge in [-0.05, 0) is 61.6 Å². The Morgan fingerprint density at radius 3 is 2.44 bits per heavy atom. The molecule has 0 radical (unpaired) electrons. The quantitative estimate of drug-likeness (QED) is 0.856. The highest BCUT2D eigenvalue weighted by Gasteiger charge is 2.15. The van der Waals surface area contributed by atoms with Gasteiger partial charge in [0.25, 0.3) is 0 Å². The number of aryl methyl sites for hydroxylation is 1. The first-order valence-corrected chi connectivity index (χ1v) is 9.06. The third-order valence-corrected chi connectivity index (χ3v) is 4.88. The largest absolute Gasteiger partial charge is 0.376 e. The van der Waals surface area contributed by atoms with Gasteiger partial charge in [0.2, 0.25) is 5.91 Å². The molecule has 3 rings (SSSR count). The second-order valence-corrected chi connectivity index (χ2v) is 6.93. The molecule has 1 fully saturated rings. The number of para-hydroxylation sites is 1. The molecule has 0 atom stereocenters. The van der Waals surface area contributed by atoms with Crippen LogP contribution in [-0.2, 0) is 4.79 Å². The van der Waals surface area contributed by atoms with E-state index in [4.69, 9.17) is 0 Å². The van der Waals surface area contributed by atoms with E-state index in [1.54, 1.807) is 0 Å². The fourth-order valence-electron chi connectivity index (χ4n) is 3.17. The molecule has 0 aliphatic carbocycles. The van der Waals surface area contributed by atoms with Crippen molar-refractivity contribution >= 4 is 23.0 Å². The number of amides is 1. The Morgan fingerprint density at radius 2 is 1.76 bits per heavy atom. The summed E-state index contributed by atoms with van der Waals surface area (Å²) in [7, 11) is 0. The van der Waals surface area contributed by atoms with Crippen LogP contribution < -0.4 is 15.5 Å². The lowest BCUT2D eigenvalue weighted by Gasteiger charge is -2.32. The Morgan fingerprint density at radius 1 is 1.08 bits per heavy atom. The van der Waals surface area contributed by atoms with Crippen LogP contribution in [0.15, 0.2) is 48.5 Å². The summed E-state index contributed by atoms with van der Waals surface area (Å²) in [6, 6.07) is 16.1. The van der Waals surface area contributed by atoms with Gasteiger partial charge in [-0.2, -0.15) is 0 Å². The van der Waals surface area contributed by atoms with E-state index in [9.17, 15) is 4.79 Å². The van der Waals surface area contributed by atoms with E-state index in [2.05, 4.69) is 34.6 Å². The van der Waals surface area contributed by atoms with Gasteiger partial charge in [0.05, 0.1) is 6.54 Å². The van der Waals surface area contributed by atoms with E-state index >= 15 is 0 Å². The molecule has 0 aromatic heterocycles. The maximum atomic E-state index is 12.1. The second kappa shape index (κ2) is 8.06. The van der Waals surface area contributed by atoms with Crippen molar-refractivity contribution in [3.8, 4) is 0 Å². The highest BCUT2D eigenvalue weighted by molar-refractivity contribution is 5.94. The summed E-state index contributed by atoms with van der Waals surface area (Å²) in [5.74, 6) is 0.790. The molecule has 1 aliphatic heterocycles. The Labute approximate surface area is 150 Å². The molecule has 25 heavy (non-hydrogen) atoms. The number of hydrogen-bond donors (Lipinski definition) is 2. The lowest BCUT2D eigenvalue weighted by molar-refractivity contribution is -0.114. The zero-order valence-electron chi connectivity index (χ0n) is 15.1. The maximum absolute atomic E-state index is 12.1. The molecule has 1 aliphatic rings. The first-order valence-electron chi connectivity index (χ1n) is 9.06. The van der Waals surface area contributed by atoms with Crippen LogP contribution in [0.1, 0.15) is 25.3 Å². The second-order valence-electron chi connectivity index (χ2n) is 6.93. The van der Waals surface area contributed by atoms with Gasteiger partial charge in [0, 0.05) is 30.2 Å². The molecule has 4 nitrogen and oxygen atoms in total. The van der Waals surface area contributed by atoms with Crippen molar-refractivity contribution < 1.29 is 4.79 Å². The lowest BCUT2D eigenvalue weighted by Crippen LogP contribution is -2.32. The van der Waals surface area contributed by atoms with Crippen molar-refractivity contribution in [2.45, 2.75) is 26.7 Å². The summed E-state index contributed by atoms with van der Waals surface area (Å²) >= 11 is 0. The van der Waals surface area contributed by atoms with Crippen molar-refractivity contribution in [3.63, 3.8) is 0 Å². The first kappa shape index (κ1) is 17.3. The zero-order valence-corrected chi connectivity index (χ0v) is 15.1. The van der Waals surface area contributed by atoms with Gasteiger partial charge in [-0.1, -0.05) is 25.1 Å². The average Bonchev–Trinajstić information content (AvgIpc) is 2.62. The molecule has 1 saturated heterocycles. The number of carbonyl (C=O) groups excluding carboxylic acids is 1. The molecule has 0 saturated carbocycles. The Hall–Kier alpha value is -2.49. The molecule has 0 spiro atoms. The molecular formula is C21H27N3O. The van der Waals surface area contributed by atoms with Crippen molar-refractivity contribution in [2.24, 2.45) is 5.92 Å². The van der Waals surface area contributed by atoms with Gasteiger partial charge < -0.3 is 15.5 Å². The summed E-state index contributed by atoms with van der Waals surface area (Å²) in [4.78, 5) is 14.6. The monoisotopic (exact) mass is 337 g/mol. The van der Waals surface area contributed by atoms with Crippen LogP contribution in [0.4, 0.5) is 17.1 Å². The van der Waals surface area contributed by atoms with E-state index in [0.29, 0.717) is 0 Å². The van der Waals surface area contributed by atoms with E-state index in [-0.39, 0.29) is 12.5 Å². The van der Waals surface area contributed by atoms with E-state index < -0.39 is 0 Å². The first-order chi connectivity index (χ1) is 12.1. The van der Waals surface area contributed by atoms with Crippen molar-refractivity contribution in [3.05, 3.63) is 54.1 Å². The summed E-state index contributed by atoms with van der Waals surface area (Å²) in [5.41, 5.74) is 4.21. The number of nitrogens with zero attached hydrogens (tertiary/aromatic N) is 1. The number of rotatable bonds is 5. The highest BCUT2D eigenvalue weighted by Crippen LogP contribution is 2.24. The molecule has 1 heterocycles. The highest BCUT2D eigenvalue weighted by atomic mass is 16.1. The third kappa shape index (κ3) is 4.75. The van der Waals surface area contributed by atoms with Crippen LogP contribution >= 0.6 is 0 Å². The molecule has 2 aromatic rings. The van der Waals surface area contributed by atoms with Gasteiger partial charge in [-0.25, -0.2) is 0 Å². The third-order valence-electron chi connectivity index (χ3n) is 4.88. The normalized spacial score (nSPS) is 15.0. The topological polar surface area (TPSA) is 44.4 Å². The van der Waals surface area contributed by atoms with E-state index in [1.807, 2.05) is 43.3 Å². The summed E-state index contributed by atoms with van der Waals surface area (Å²) < 4.78 is 0. The number of nitrogens with one attached hydrogen (secondary N) is 2. The Kier molecular flexibility index (Phi) is 5.59. The van der Waals surface area contributed by atoms with Crippen molar-refractivity contribution in [1.29, 1.82) is 0 Å². The Balaban J connectivity index is 1.51. The predicted molar refractivity (Wildman–Crippen MR) is 105 cm³/mol. The maximum Gasteiger partial charge on any atom is 0.243 e. The summed E-state index contributed by atoms with van der Waals surface area (Å²) in [6.45, 7) is 6.85. The van der Waals surface area contributed by atoms with Crippen molar-refractivity contribution in [2.75, 3.05) is 35.2 Å². The molecule has 0 unspecified atom stereocenters.